The summed E-state index contributed by atoms with van der Waals surface area (Å²) in [7, 11) is 0. The van der Waals surface area contributed by atoms with Crippen molar-refractivity contribution in [2.24, 2.45) is 11.7 Å². The van der Waals surface area contributed by atoms with Crippen LogP contribution in [-0.4, -0.2) is 47.2 Å². The van der Waals surface area contributed by atoms with Crippen LogP contribution in [0.4, 0.5) is 0 Å². The van der Waals surface area contributed by atoms with Gasteiger partial charge in [-0.3, -0.25) is 19.4 Å². The van der Waals surface area contributed by atoms with Crippen molar-refractivity contribution in [3.63, 3.8) is 0 Å². The Hall–Kier alpha value is -3.06. The van der Waals surface area contributed by atoms with E-state index >= 15 is 0 Å². The first-order valence-electron chi connectivity index (χ1n) is 12.1. The molecule has 2 aromatic rings. The molecular weight excluding hydrogens is 430 g/mol. The van der Waals surface area contributed by atoms with Crippen LogP contribution in [0.2, 0.25) is 0 Å². The van der Waals surface area contributed by atoms with Crippen LogP contribution in [0.3, 0.4) is 0 Å². The molecule has 0 saturated carbocycles. The van der Waals surface area contributed by atoms with E-state index in [0.29, 0.717) is 58.1 Å². The SMILES string of the molecule is Cc1ccc(CN)c(CCC(=O)[C@@H]2CCCN2C(=O)[C@H](CCOC=O)CCc2ccccn2)c1. The summed E-state index contributed by atoms with van der Waals surface area (Å²) in [5, 5.41) is 0. The zero-order valence-corrected chi connectivity index (χ0v) is 19.9. The third-order valence-corrected chi connectivity index (χ3v) is 6.61. The lowest BCUT2D eigenvalue weighted by Gasteiger charge is -2.28. The first kappa shape index (κ1) is 25.6. The highest BCUT2D eigenvalue weighted by Gasteiger charge is 2.36. The topological polar surface area (TPSA) is 103 Å². The highest BCUT2D eigenvalue weighted by atomic mass is 16.5. The van der Waals surface area contributed by atoms with Gasteiger partial charge in [0.1, 0.15) is 0 Å². The number of carbonyl (C=O) groups is 3. The van der Waals surface area contributed by atoms with Gasteiger partial charge >= 0.3 is 0 Å². The summed E-state index contributed by atoms with van der Waals surface area (Å²) in [4.78, 5) is 43.4. The van der Waals surface area contributed by atoms with E-state index in [4.69, 9.17) is 10.5 Å². The number of hydrogen-bond donors (Lipinski definition) is 1. The van der Waals surface area contributed by atoms with Crippen molar-refractivity contribution in [1.82, 2.24) is 9.88 Å². The Morgan fingerprint density at radius 3 is 2.79 bits per heavy atom. The molecule has 1 aliphatic heterocycles. The number of carbonyl (C=O) groups excluding carboxylic acids is 3. The summed E-state index contributed by atoms with van der Waals surface area (Å²) in [6.45, 7) is 3.65. The lowest BCUT2D eigenvalue weighted by atomic mass is 9.94. The van der Waals surface area contributed by atoms with Crippen LogP contribution in [0, 0.1) is 12.8 Å². The smallest absolute Gasteiger partial charge is 0.293 e. The summed E-state index contributed by atoms with van der Waals surface area (Å²) in [5.74, 6) is -0.251. The van der Waals surface area contributed by atoms with Gasteiger partial charge in [-0.25, -0.2) is 0 Å². The molecular formula is C27H35N3O4. The molecule has 1 aliphatic rings. The first-order chi connectivity index (χ1) is 16.5. The van der Waals surface area contributed by atoms with E-state index in [1.54, 1.807) is 11.1 Å². The number of benzene rings is 1. The fraction of sp³-hybridized carbons (Fsp3) is 0.481. The quantitative estimate of drug-likeness (QED) is 0.360. The van der Waals surface area contributed by atoms with Crippen molar-refractivity contribution >= 4 is 18.2 Å². The van der Waals surface area contributed by atoms with Crippen LogP contribution >= 0.6 is 0 Å². The lowest BCUT2D eigenvalue weighted by Crippen LogP contribution is -2.44. The Balaban J connectivity index is 1.64. The van der Waals surface area contributed by atoms with Crippen LogP contribution in [0.1, 0.15) is 54.5 Å². The number of aromatic nitrogens is 1. The van der Waals surface area contributed by atoms with Gasteiger partial charge in [0, 0.05) is 37.3 Å². The minimum Gasteiger partial charge on any atom is -0.468 e. The van der Waals surface area contributed by atoms with Crippen LogP contribution in [0.15, 0.2) is 42.6 Å². The number of pyridine rings is 1. The first-order valence-corrected chi connectivity index (χ1v) is 12.1. The van der Waals surface area contributed by atoms with Gasteiger partial charge in [0.25, 0.3) is 6.47 Å². The molecule has 1 amide bonds. The second-order valence-electron chi connectivity index (χ2n) is 8.94. The van der Waals surface area contributed by atoms with E-state index in [2.05, 4.69) is 11.1 Å². The fourth-order valence-electron chi connectivity index (χ4n) is 4.73. The van der Waals surface area contributed by atoms with Gasteiger partial charge in [-0.1, -0.05) is 29.8 Å². The number of ketones is 1. The van der Waals surface area contributed by atoms with Gasteiger partial charge in [-0.05, 0) is 68.7 Å². The molecule has 2 N–H and O–H groups in total. The number of amides is 1. The van der Waals surface area contributed by atoms with Gasteiger partial charge < -0.3 is 15.4 Å². The molecule has 7 nitrogen and oxygen atoms in total. The zero-order valence-electron chi connectivity index (χ0n) is 19.9. The fourth-order valence-corrected chi connectivity index (χ4v) is 4.73. The maximum Gasteiger partial charge on any atom is 0.293 e. The normalized spacial score (nSPS) is 16.3. The Bertz CT molecular complexity index is 964. The highest BCUT2D eigenvalue weighted by molar-refractivity contribution is 5.90. The summed E-state index contributed by atoms with van der Waals surface area (Å²) in [6.07, 6.45) is 5.95. The second-order valence-corrected chi connectivity index (χ2v) is 8.94. The molecule has 0 radical (unpaired) electrons. The van der Waals surface area contributed by atoms with Gasteiger partial charge in [-0.15, -0.1) is 0 Å². The van der Waals surface area contributed by atoms with Crippen molar-refractivity contribution < 1.29 is 19.1 Å². The minimum atomic E-state index is -0.386. The predicted octanol–water partition coefficient (Wildman–Crippen LogP) is 3.15. The largest absolute Gasteiger partial charge is 0.468 e. The van der Waals surface area contributed by atoms with Crippen molar-refractivity contribution in [3.05, 3.63) is 65.0 Å². The van der Waals surface area contributed by atoms with E-state index in [9.17, 15) is 14.4 Å². The van der Waals surface area contributed by atoms with Crippen molar-refractivity contribution in [2.75, 3.05) is 13.2 Å². The summed E-state index contributed by atoms with van der Waals surface area (Å²) in [6, 6.07) is 11.5. The monoisotopic (exact) mass is 465 g/mol. The molecule has 1 saturated heterocycles. The van der Waals surface area contributed by atoms with E-state index in [-0.39, 0.29) is 30.3 Å². The van der Waals surface area contributed by atoms with Gasteiger partial charge in [0.2, 0.25) is 5.91 Å². The summed E-state index contributed by atoms with van der Waals surface area (Å²) >= 11 is 0. The maximum absolute atomic E-state index is 13.5. The van der Waals surface area contributed by atoms with E-state index in [0.717, 1.165) is 28.8 Å². The number of likely N-dealkylation sites (tertiary alicyclic amines) is 1. The Kier molecular flexibility index (Phi) is 9.76. The van der Waals surface area contributed by atoms with E-state index in [1.165, 1.54) is 0 Å². The molecule has 1 aromatic heterocycles. The highest BCUT2D eigenvalue weighted by Crippen LogP contribution is 2.26. The van der Waals surface area contributed by atoms with Crippen molar-refractivity contribution in [1.29, 1.82) is 0 Å². The third kappa shape index (κ3) is 6.97. The molecule has 1 fully saturated rings. The maximum atomic E-state index is 13.5. The molecule has 7 heteroatoms. The van der Waals surface area contributed by atoms with Crippen LogP contribution in [0.25, 0.3) is 0 Å². The average molecular weight is 466 g/mol. The third-order valence-electron chi connectivity index (χ3n) is 6.61. The molecule has 2 atom stereocenters. The lowest BCUT2D eigenvalue weighted by molar-refractivity contribution is -0.142. The number of Topliss-reactive ketones (excluding diaryl/α,β-unsaturated/α-hetero) is 1. The van der Waals surface area contributed by atoms with Crippen molar-refractivity contribution in [3.8, 4) is 0 Å². The molecule has 0 spiro atoms. The minimum absolute atomic E-state index is 0.0283. The van der Waals surface area contributed by atoms with E-state index in [1.807, 2.05) is 37.3 Å². The molecule has 0 aliphatic carbocycles. The molecule has 182 valence electrons. The number of hydrogen-bond acceptors (Lipinski definition) is 6. The number of nitrogens with two attached hydrogens (primary N) is 1. The van der Waals surface area contributed by atoms with E-state index < -0.39 is 0 Å². The average Bonchev–Trinajstić information content (AvgIpc) is 3.35. The van der Waals surface area contributed by atoms with Crippen molar-refractivity contribution in [2.45, 2.75) is 64.5 Å². The number of aryl methyl sites for hydroxylation is 3. The van der Waals surface area contributed by atoms with Gasteiger partial charge in [0.15, 0.2) is 5.78 Å². The van der Waals surface area contributed by atoms with Crippen LogP contribution in [0.5, 0.6) is 0 Å². The molecule has 0 bridgehead atoms. The number of nitrogens with zero attached hydrogens (tertiary/aromatic N) is 2. The molecule has 0 unspecified atom stereocenters. The summed E-state index contributed by atoms with van der Waals surface area (Å²) < 4.78 is 4.88. The Morgan fingerprint density at radius 1 is 1.21 bits per heavy atom. The number of ether oxygens (including phenoxy) is 1. The van der Waals surface area contributed by atoms with Gasteiger partial charge in [-0.2, -0.15) is 0 Å². The number of rotatable bonds is 13. The van der Waals surface area contributed by atoms with Crippen LogP contribution in [-0.2, 0) is 38.5 Å². The second kappa shape index (κ2) is 13.0. The Morgan fingerprint density at radius 2 is 2.06 bits per heavy atom. The molecule has 1 aromatic carbocycles. The van der Waals surface area contributed by atoms with Crippen LogP contribution < -0.4 is 5.73 Å². The molecule has 34 heavy (non-hydrogen) atoms. The zero-order chi connectivity index (χ0) is 24.3. The van der Waals surface area contributed by atoms with Gasteiger partial charge in [0.05, 0.1) is 12.6 Å². The molecule has 3 rings (SSSR count). The predicted molar refractivity (Wildman–Crippen MR) is 130 cm³/mol. The summed E-state index contributed by atoms with van der Waals surface area (Å²) in [5.41, 5.74) is 10.1. The standard InChI is InChI=1S/C27H35N3O4/c1-20-7-8-23(18-28)22(17-20)10-12-26(32)25-6-4-15-30(25)27(33)21(13-16-34-19-31)9-11-24-5-2-3-14-29-24/h2-3,5,7-8,14,17,19,21,25H,4,6,9-13,15-16,18,28H2,1H3/t21-,25-/m0/s1. The molecule has 2 heterocycles. The Labute approximate surface area is 201 Å².